The van der Waals surface area contributed by atoms with Crippen molar-refractivity contribution in [3.63, 3.8) is 0 Å². The highest BCUT2D eigenvalue weighted by atomic mass is 35.5. The number of furan rings is 1. The van der Waals surface area contributed by atoms with E-state index in [2.05, 4.69) is 15.5 Å². The van der Waals surface area contributed by atoms with Crippen LogP contribution in [-0.2, 0) is 4.79 Å². The molecular weight excluding hydrogens is 448 g/mol. The van der Waals surface area contributed by atoms with Gasteiger partial charge in [-0.15, -0.1) is 10.2 Å². The molecule has 0 saturated heterocycles. The van der Waals surface area contributed by atoms with Crippen molar-refractivity contribution in [1.29, 1.82) is 0 Å². The van der Waals surface area contributed by atoms with Gasteiger partial charge in [0.1, 0.15) is 22.6 Å². The number of carbonyl (C=O) groups is 1. The molecular formula is C27H21ClN4O2. The van der Waals surface area contributed by atoms with Crippen molar-refractivity contribution >= 4 is 40.3 Å². The second-order valence-electron chi connectivity index (χ2n) is 7.97. The number of anilines is 1. The standard InChI is InChI=1S/C27H21ClN4O2/c1-17-8-9-19(15-22(17)28)26-12-10-21(34-26)11-13-27(33)29-23-16-25-24(14-18(23)2)30-32(31-25)20-6-4-3-5-7-20/h3-16H,1-2H3,(H,29,33). The van der Waals surface area contributed by atoms with E-state index in [1.54, 1.807) is 10.9 Å². The van der Waals surface area contributed by atoms with E-state index in [-0.39, 0.29) is 5.91 Å². The van der Waals surface area contributed by atoms with E-state index in [9.17, 15) is 4.79 Å². The fourth-order valence-electron chi connectivity index (χ4n) is 3.56. The van der Waals surface area contributed by atoms with E-state index in [1.165, 1.54) is 6.08 Å². The van der Waals surface area contributed by atoms with Crippen LogP contribution in [0.5, 0.6) is 0 Å². The predicted molar refractivity (Wildman–Crippen MR) is 135 cm³/mol. The average Bonchev–Trinajstić information content (AvgIpc) is 3.47. The highest BCUT2D eigenvalue weighted by molar-refractivity contribution is 6.31. The highest BCUT2D eigenvalue weighted by Gasteiger charge is 2.10. The lowest BCUT2D eigenvalue weighted by Crippen LogP contribution is -2.08. The van der Waals surface area contributed by atoms with Crippen molar-refractivity contribution in [1.82, 2.24) is 15.0 Å². The molecule has 0 atom stereocenters. The third kappa shape index (κ3) is 4.49. The Kier molecular flexibility index (Phi) is 5.74. The number of para-hydroxylation sites is 1. The Bertz CT molecular complexity index is 1530. The van der Waals surface area contributed by atoms with Crippen LogP contribution < -0.4 is 5.32 Å². The number of carbonyl (C=O) groups excluding carboxylic acids is 1. The summed E-state index contributed by atoms with van der Waals surface area (Å²) in [6.07, 6.45) is 3.07. The molecule has 0 aliphatic carbocycles. The molecule has 0 fully saturated rings. The van der Waals surface area contributed by atoms with Crippen molar-refractivity contribution < 1.29 is 9.21 Å². The van der Waals surface area contributed by atoms with Crippen LogP contribution in [0, 0.1) is 13.8 Å². The summed E-state index contributed by atoms with van der Waals surface area (Å²) >= 11 is 6.21. The quantitative estimate of drug-likeness (QED) is 0.295. The second-order valence-corrected chi connectivity index (χ2v) is 8.38. The molecule has 2 heterocycles. The molecule has 0 bridgehead atoms. The first kappa shape index (κ1) is 21.7. The molecule has 0 saturated carbocycles. The molecule has 5 rings (SSSR count). The van der Waals surface area contributed by atoms with Gasteiger partial charge in [0, 0.05) is 22.3 Å². The van der Waals surface area contributed by atoms with Gasteiger partial charge in [0.25, 0.3) is 0 Å². The van der Waals surface area contributed by atoms with Gasteiger partial charge in [-0.05, 0) is 73.5 Å². The number of nitrogens with one attached hydrogen (secondary N) is 1. The van der Waals surface area contributed by atoms with Crippen LogP contribution in [0.1, 0.15) is 16.9 Å². The van der Waals surface area contributed by atoms with Gasteiger partial charge in [-0.1, -0.05) is 41.9 Å². The fraction of sp³-hybridized carbons (Fsp3) is 0.0741. The minimum atomic E-state index is -0.269. The number of halogens is 1. The minimum Gasteiger partial charge on any atom is -0.457 e. The normalized spacial score (nSPS) is 11.4. The molecule has 7 heteroatoms. The Morgan fingerprint density at radius 2 is 1.71 bits per heavy atom. The third-order valence-corrected chi connectivity index (χ3v) is 5.86. The van der Waals surface area contributed by atoms with Gasteiger partial charge < -0.3 is 9.73 Å². The smallest absolute Gasteiger partial charge is 0.248 e. The van der Waals surface area contributed by atoms with Crippen molar-refractivity contribution in [2.75, 3.05) is 5.32 Å². The van der Waals surface area contributed by atoms with Crippen LogP contribution in [0.4, 0.5) is 5.69 Å². The van der Waals surface area contributed by atoms with Gasteiger partial charge >= 0.3 is 0 Å². The monoisotopic (exact) mass is 468 g/mol. The summed E-state index contributed by atoms with van der Waals surface area (Å²) in [6.45, 7) is 3.87. The lowest BCUT2D eigenvalue weighted by atomic mass is 10.1. The van der Waals surface area contributed by atoms with E-state index in [1.807, 2.05) is 86.6 Å². The first-order chi connectivity index (χ1) is 16.5. The summed E-state index contributed by atoms with van der Waals surface area (Å²) in [5.74, 6) is 0.985. The van der Waals surface area contributed by atoms with E-state index < -0.39 is 0 Å². The molecule has 0 aliphatic rings. The van der Waals surface area contributed by atoms with E-state index in [0.29, 0.717) is 27.7 Å². The van der Waals surface area contributed by atoms with Crippen LogP contribution in [0.25, 0.3) is 34.1 Å². The van der Waals surface area contributed by atoms with E-state index in [0.717, 1.165) is 27.9 Å². The molecule has 1 N–H and O–H groups in total. The molecule has 5 aromatic rings. The lowest BCUT2D eigenvalue weighted by molar-refractivity contribution is -0.111. The molecule has 6 nitrogen and oxygen atoms in total. The van der Waals surface area contributed by atoms with Crippen molar-refractivity contribution in [3.8, 4) is 17.0 Å². The molecule has 3 aromatic carbocycles. The zero-order valence-corrected chi connectivity index (χ0v) is 19.4. The Balaban J connectivity index is 1.31. The number of benzene rings is 3. The summed E-state index contributed by atoms with van der Waals surface area (Å²) in [6, 6.07) is 22.9. The number of fused-ring (bicyclic) bond motifs is 1. The number of aromatic nitrogens is 3. The zero-order chi connectivity index (χ0) is 23.7. The largest absolute Gasteiger partial charge is 0.457 e. The molecule has 0 radical (unpaired) electrons. The summed E-state index contributed by atoms with van der Waals surface area (Å²) < 4.78 is 5.84. The number of hydrogen-bond acceptors (Lipinski definition) is 4. The van der Waals surface area contributed by atoms with Crippen LogP contribution in [0.2, 0.25) is 5.02 Å². The molecule has 2 aromatic heterocycles. The van der Waals surface area contributed by atoms with Crippen LogP contribution in [0.3, 0.4) is 0 Å². The van der Waals surface area contributed by atoms with Crippen molar-refractivity contribution in [3.05, 3.63) is 101 Å². The van der Waals surface area contributed by atoms with Crippen LogP contribution in [0.15, 0.2) is 83.3 Å². The van der Waals surface area contributed by atoms with E-state index in [4.69, 9.17) is 16.0 Å². The molecule has 0 aliphatic heterocycles. The first-order valence-corrected chi connectivity index (χ1v) is 11.1. The number of rotatable bonds is 5. The average molecular weight is 469 g/mol. The topological polar surface area (TPSA) is 73.0 Å². The number of amides is 1. The maximum absolute atomic E-state index is 12.6. The Labute approximate surface area is 201 Å². The third-order valence-electron chi connectivity index (χ3n) is 5.45. The number of aryl methyl sites for hydroxylation is 2. The molecule has 0 unspecified atom stereocenters. The minimum absolute atomic E-state index is 0.269. The van der Waals surface area contributed by atoms with Gasteiger partial charge in [-0.3, -0.25) is 4.79 Å². The Hall–Kier alpha value is -4.16. The fourth-order valence-corrected chi connectivity index (χ4v) is 3.74. The molecule has 34 heavy (non-hydrogen) atoms. The van der Waals surface area contributed by atoms with Gasteiger partial charge in [-0.2, -0.15) is 4.80 Å². The molecule has 0 spiro atoms. The van der Waals surface area contributed by atoms with Crippen molar-refractivity contribution in [2.24, 2.45) is 0 Å². The maximum atomic E-state index is 12.6. The highest BCUT2D eigenvalue weighted by Crippen LogP contribution is 2.27. The summed E-state index contributed by atoms with van der Waals surface area (Å²) in [4.78, 5) is 14.2. The lowest BCUT2D eigenvalue weighted by Gasteiger charge is -2.05. The zero-order valence-electron chi connectivity index (χ0n) is 18.6. The maximum Gasteiger partial charge on any atom is 0.248 e. The van der Waals surface area contributed by atoms with Gasteiger partial charge in [0.2, 0.25) is 5.91 Å². The first-order valence-electron chi connectivity index (χ1n) is 10.7. The predicted octanol–water partition coefficient (Wildman–Crippen LogP) is 6.60. The Morgan fingerprint density at radius 1 is 0.941 bits per heavy atom. The molecule has 168 valence electrons. The number of hydrogen-bond donors (Lipinski definition) is 1. The van der Waals surface area contributed by atoms with Gasteiger partial charge in [0.05, 0.1) is 5.69 Å². The second kappa shape index (κ2) is 9.00. The van der Waals surface area contributed by atoms with E-state index >= 15 is 0 Å². The number of nitrogens with zero attached hydrogens (tertiary/aromatic N) is 3. The Morgan fingerprint density at radius 3 is 2.47 bits per heavy atom. The SMILES string of the molecule is Cc1ccc(-c2ccc(C=CC(=O)Nc3cc4nn(-c5ccccc5)nc4cc3C)o2)cc1Cl. The van der Waals surface area contributed by atoms with Crippen LogP contribution in [-0.4, -0.2) is 20.9 Å². The van der Waals surface area contributed by atoms with Gasteiger partial charge in [0.15, 0.2) is 0 Å². The summed E-state index contributed by atoms with van der Waals surface area (Å²) in [7, 11) is 0. The van der Waals surface area contributed by atoms with Crippen LogP contribution >= 0.6 is 11.6 Å². The molecule has 1 amide bonds. The summed E-state index contributed by atoms with van der Waals surface area (Å²) in [5.41, 5.74) is 5.78. The van der Waals surface area contributed by atoms with Crippen molar-refractivity contribution in [2.45, 2.75) is 13.8 Å². The summed E-state index contributed by atoms with van der Waals surface area (Å²) in [5, 5.41) is 12.7. The van der Waals surface area contributed by atoms with Gasteiger partial charge in [-0.25, -0.2) is 0 Å².